The van der Waals surface area contributed by atoms with Crippen molar-refractivity contribution in [1.29, 1.82) is 0 Å². The van der Waals surface area contributed by atoms with Gasteiger partial charge in [0.15, 0.2) is 0 Å². The summed E-state index contributed by atoms with van der Waals surface area (Å²) in [6.45, 7) is 2.28. The van der Waals surface area contributed by atoms with Crippen LogP contribution in [0.3, 0.4) is 0 Å². The van der Waals surface area contributed by atoms with E-state index in [0.717, 1.165) is 0 Å². The lowest BCUT2D eigenvalue weighted by molar-refractivity contribution is -0.385. The molecule has 0 unspecified atom stereocenters. The summed E-state index contributed by atoms with van der Waals surface area (Å²) >= 11 is 3.06. The Labute approximate surface area is 123 Å². The maximum atomic E-state index is 13.4. The summed E-state index contributed by atoms with van der Waals surface area (Å²) in [5.74, 6) is 0. The molecule has 1 aromatic carbocycles. The Morgan fingerprint density at radius 3 is 2.55 bits per heavy atom. The number of nitro benzene ring substituents is 1. The number of nitrogens with zero attached hydrogens (tertiary/aromatic N) is 2. The summed E-state index contributed by atoms with van der Waals surface area (Å²) in [6.07, 6.45) is -2.59. The van der Waals surface area contributed by atoms with Crippen molar-refractivity contribution in [2.75, 3.05) is 26.2 Å². The van der Waals surface area contributed by atoms with Crippen LogP contribution in [0.5, 0.6) is 0 Å². The first-order valence-electron chi connectivity index (χ1n) is 6.17. The Hall–Kier alpha value is -1.12. The van der Waals surface area contributed by atoms with Gasteiger partial charge in [0.1, 0.15) is 0 Å². The Morgan fingerprint density at radius 2 is 2.00 bits per heavy atom. The van der Waals surface area contributed by atoms with Gasteiger partial charge < -0.3 is 5.32 Å². The highest BCUT2D eigenvalue weighted by Crippen LogP contribution is 2.33. The number of nitro groups is 1. The second kappa shape index (κ2) is 6.55. The van der Waals surface area contributed by atoms with Crippen molar-refractivity contribution in [3.05, 3.63) is 38.3 Å². The molecule has 1 aliphatic heterocycles. The average molecular weight is 350 g/mol. The number of halogens is 3. The molecule has 1 aliphatic rings. The molecule has 1 aromatic rings. The molecule has 0 spiro atoms. The monoisotopic (exact) mass is 349 g/mol. The lowest BCUT2D eigenvalue weighted by Crippen LogP contribution is -2.46. The van der Waals surface area contributed by atoms with Gasteiger partial charge in [-0.25, -0.2) is 8.78 Å². The number of benzene rings is 1. The van der Waals surface area contributed by atoms with Crippen molar-refractivity contribution in [2.24, 2.45) is 0 Å². The van der Waals surface area contributed by atoms with E-state index in [1.54, 1.807) is 4.90 Å². The van der Waals surface area contributed by atoms with E-state index in [1.165, 1.54) is 18.2 Å². The van der Waals surface area contributed by atoms with Crippen molar-refractivity contribution in [1.82, 2.24) is 10.2 Å². The molecule has 0 bridgehead atoms. The lowest BCUT2D eigenvalue weighted by Gasteiger charge is -2.34. The van der Waals surface area contributed by atoms with Crippen LogP contribution in [0.25, 0.3) is 0 Å². The predicted molar refractivity (Wildman–Crippen MR) is 74.0 cm³/mol. The molecule has 0 amide bonds. The number of hydrogen-bond acceptors (Lipinski definition) is 4. The predicted octanol–water partition coefficient (Wildman–Crippen LogP) is 2.57. The third-order valence-corrected chi connectivity index (χ3v) is 3.96. The minimum atomic E-state index is -2.59. The molecule has 110 valence electrons. The van der Waals surface area contributed by atoms with Crippen LogP contribution in [0.2, 0.25) is 0 Å². The van der Waals surface area contributed by atoms with Gasteiger partial charge in [-0.1, -0.05) is 6.07 Å². The fraction of sp³-hybridized carbons (Fsp3) is 0.500. The maximum Gasteiger partial charge on any atom is 0.283 e. The first kappa shape index (κ1) is 15.3. The zero-order valence-electron chi connectivity index (χ0n) is 10.6. The van der Waals surface area contributed by atoms with Gasteiger partial charge in [0.05, 0.1) is 15.4 Å². The third-order valence-electron chi connectivity index (χ3n) is 3.29. The second-order valence-corrected chi connectivity index (χ2v) is 5.39. The minimum Gasteiger partial charge on any atom is -0.314 e. The van der Waals surface area contributed by atoms with E-state index < -0.39 is 17.4 Å². The number of nitrogens with one attached hydrogen (secondary N) is 1. The molecule has 2 rings (SSSR count). The summed E-state index contributed by atoms with van der Waals surface area (Å²) in [6, 6.07) is 3.08. The molecule has 0 aliphatic carbocycles. The van der Waals surface area contributed by atoms with E-state index in [4.69, 9.17) is 0 Å². The van der Waals surface area contributed by atoms with Crippen LogP contribution in [0.4, 0.5) is 14.5 Å². The molecule has 8 heteroatoms. The quantitative estimate of drug-likeness (QED) is 0.670. The van der Waals surface area contributed by atoms with Crippen LogP contribution in [0.15, 0.2) is 22.7 Å². The largest absolute Gasteiger partial charge is 0.314 e. The smallest absolute Gasteiger partial charge is 0.283 e. The molecule has 0 radical (unpaired) electrons. The highest BCUT2D eigenvalue weighted by Gasteiger charge is 2.31. The van der Waals surface area contributed by atoms with Gasteiger partial charge in [-0.15, -0.1) is 0 Å². The van der Waals surface area contributed by atoms with Crippen molar-refractivity contribution in [2.45, 2.75) is 12.5 Å². The summed E-state index contributed by atoms with van der Waals surface area (Å²) in [4.78, 5) is 12.0. The van der Waals surface area contributed by atoms with Crippen LogP contribution in [-0.2, 0) is 0 Å². The molecule has 1 heterocycles. The summed E-state index contributed by atoms with van der Waals surface area (Å²) in [7, 11) is 0. The van der Waals surface area contributed by atoms with Crippen LogP contribution < -0.4 is 5.32 Å². The van der Waals surface area contributed by atoms with E-state index in [-0.39, 0.29) is 11.3 Å². The van der Waals surface area contributed by atoms with Gasteiger partial charge in [0.25, 0.3) is 12.1 Å². The van der Waals surface area contributed by atoms with Gasteiger partial charge in [0.2, 0.25) is 0 Å². The molecule has 1 N–H and O–H groups in total. The molecule has 1 saturated heterocycles. The van der Waals surface area contributed by atoms with Crippen LogP contribution in [-0.4, -0.2) is 42.4 Å². The summed E-state index contributed by atoms with van der Waals surface area (Å²) < 4.78 is 27.0. The fourth-order valence-electron chi connectivity index (χ4n) is 2.33. The summed E-state index contributed by atoms with van der Waals surface area (Å²) in [5, 5.41) is 14.0. The lowest BCUT2D eigenvalue weighted by atomic mass is 10.0. The third kappa shape index (κ3) is 3.31. The molecule has 1 atom stereocenters. The first-order chi connectivity index (χ1) is 9.50. The minimum absolute atomic E-state index is 0.191. The molecular formula is C12H14BrF2N3O2. The topological polar surface area (TPSA) is 58.4 Å². The Bertz CT molecular complexity index is 496. The standard InChI is InChI=1S/C12H14BrF2N3O2/c13-9-2-1-8(7-10(9)18(19)20)11(12(14)15)17-5-3-16-4-6-17/h1-2,7,11-12,16H,3-6H2/t11-/m1/s1. The molecule has 20 heavy (non-hydrogen) atoms. The number of rotatable bonds is 4. The van der Waals surface area contributed by atoms with Gasteiger partial charge >= 0.3 is 0 Å². The van der Waals surface area contributed by atoms with E-state index >= 15 is 0 Å². The van der Waals surface area contributed by atoms with Gasteiger partial charge in [0, 0.05) is 32.2 Å². The van der Waals surface area contributed by atoms with Crippen LogP contribution in [0.1, 0.15) is 11.6 Å². The van der Waals surface area contributed by atoms with Crippen molar-refractivity contribution < 1.29 is 13.7 Å². The fourth-order valence-corrected chi connectivity index (χ4v) is 2.72. The number of piperazine rings is 1. The Morgan fingerprint density at radius 1 is 1.35 bits per heavy atom. The molecule has 0 saturated carbocycles. The Kier molecular flexibility index (Phi) is 5.00. The second-order valence-electron chi connectivity index (χ2n) is 4.53. The number of alkyl halides is 2. The van der Waals surface area contributed by atoms with Gasteiger partial charge in [-0.3, -0.25) is 15.0 Å². The molecule has 1 fully saturated rings. The average Bonchev–Trinajstić information content (AvgIpc) is 2.41. The van der Waals surface area contributed by atoms with E-state index in [9.17, 15) is 18.9 Å². The number of hydrogen-bond donors (Lipinski definition) is 1. The first-order valence-corrected chi connectivity index (χ1v) is 6.96. The zero-order chi connectivity index (χ0) is 14.7. The Balaban J connectivity index is 2.33. The highest BCUT2D eigenvalue weighted by molar-refractivity contribution is 9.10. The molecular weight excluding hydrogens is 336 g/mol. The van der Waals surface area contributed by atoms with Crippen LogP contribution in [0, 0.1) is 10.1 Å². The maximum absolute atomic E-state index is 13.4. The van der Waals surface area contributed by atoms with Gasteiger partial charge in [-0.05, 0) is 27.6 Å². The summed E-state index contributed by atoms with van der Waals surface area (Å²) in [5.41, 5.74) is 0.0834. The van der Waals surface area contributed by atoms with E-state index in [2.05, 4.69) is 21.2 Å². The van der Waals surface area contributed by atoms with E-state index in [0.29, 0.717) is 30.7 Å². The molecule has 5 nitrogen and oxygen atoms in total. The SMILES string of the molecule is O=[N+]([O-])c1cc([C@H](C(F)F)N2CCNCC2)ccc1Br. The molecule has 0 aromatic heterocycles. The zero-order valence-corrected chi connectivity index (χ0v) is 12.1. The van der Waals surface area contributed by atoms with Crippen molar-refractivity contribution >= 4 is 21.6 Å². The van der Waals surface area contributed by atoms with Crippen molar-refractivity contribution in [3.63, 3.8) is 0 Å². The van der Waals surface area contributed by atoms with E-state index in [1.807, 2.05) is 0 Å². The van der Waals surface area contributed by atoms with Crippen molar-refractivity contribution in [3.8, 4) is 0 Å². The van der Waals surface area contributed by atoms with Crippen LogP contribution >= 0.6 is 15.9 Å². The normalized spacial score (nSPS) is 18.2. The van der Waals surface area contributed by atoms with Gasteiger partial charge in [-0.2, -0.15) is 0 Å². The highest BCUT2D eigenvalue weighted by atomic mass is 79.9.